The summed E-state index contributed by atoms with van der Waals surface area (Å²) in [4.78, 5) is 9.99. The van der Waals surface area contributed by atoms with Crippen molar-refractivity contribution in [2.75, 3.05) is 0 Å². The van der Waals surface area contributed by atoms with E-state index in [2.05, 4.69) is 110 Å². The Morgan fingerprint density at radius 2 is 1.30 bits per heavy atom. The number of nitrogens with one attached hydrogen (secondary N) is 1. The van der Waals surface area contributed by atoms with E-state index in [4.69, 9.17) is 5.73 Å². The van der Waals surface area contributed by atoms with E-state index in [1.165, 1.54) is 21.1 Å². The Bertz CT molecular complexity index is 913. The molecule has 0 unspecified atom stereocenters. The normalized spacial score (nSPS) is 8.88. The summed E-state index contributed by atoms with van der Waals surface area (Å²) in [5, 5.41) is 5.46. The zero-order valence-corrected chi connectivity index (χ0v) is 24.9. The van der Waals surface area contributed by atoms with Gasteiger partial charge in [0.2, 0.25) is 0 Å². The van der Waals surface area contributed by atoms with Crippen molar-refractivity contribution in [3.8, 4) is 0 Å². The van der Waals surface area contributed by atoms with Crippen LogP contribution in [-0.2, 0) is 30.6 Å². The molecule has 0 aliphatic heterocycles. The first-order valence-corrected chi connectivity index (χ1v) is 11.4. The Hall–Kier alpha value is -1.59. The third-order valence-electron chi connectivity index (χ3n) is 4.39. The second-order valence-corrected chi connectivity index (χ2v) is 8.30. The Balaban J connectivity index is 0. The topological polar surface area (TPSA) is 40.9 Å². The van der Waals surface area contributed by atoms with Gasteiger partial charge < -0.3 is 35.3 Å². The second-order valence-electron chi connectivity index (χ2n) is 6.89. The van der Waals surface area contributed by atoms with Gasteiger partial charge in [-0.15, -0.1) is 29.7 Å². The quantitative estimate of drug-likeness (QED) is 0.164. The van der Waals surface area contributed by atoms with Crippen molar-refractivity contribution in [3.05, 3.63) is 109 Å². The van der Waals surface area contributed by atoms with Crippen molar-refractivity contribution in [3.63, 3.8) is 0 Å². The van der Waals surface area contributed by atoms with Gasteiger partial charge in [-0.1, -0.05) is 96.9 Å². The zero-order valence-electron chi connectivity index (χ0n) is 18.8. The summed E-state index contributed by atoms with van der Waals surface area (Å²) >= 11 is 0. The van der Waals surface area contributed by atoms with Gasteiger partial charge in [0.1, 0.15) is 9.52 Å². The van der Waals surface area contributed by atoms with Crippen LogP contribution in [0.5, 0.6) is 0 Å². The van der Waals surface area contributed by atoms with Gasteiger partial charge in [-0.2, -0.15) is 17.5 Å². The fourth-order valence-electron chi connectivity index (χ4n) is 2.82. The van der Waals surface area contributed by atoms with Gasteiger partial charge in [-0.05, 0) is 12.8 Å². The van der Waals surface area contributed by atoms with Crippen LogP contribution in [0.15, 0.2) is 103 Å². The van der Waals surface area contributed by atoms with Crippen LogP contribution >= 0.6 is 0 Å². The minimum absolute atomic E-state index is 0. The van der Waals surface area contributed by atoms with Crippen LogP contribution in [0.2, 0.25) is 0 Å². The summed E-state index contributed by atoms with van der Waals surface area (Å²) in [5.41, 5.74) is 6.52. The second kappa shape index (κ2) is 21.0. The van der Waals surface area contributed by atoms with Gasteiger partial charge in [0.25, 0.3) is 0 Å². The van der Waals surface area contributed by atoms with Gasteiger partial charge >= 0.3 is 25.8 Å². The van der Waals surface area contributed by atoms with E-state index < -0.39 is 5.91 Å². The maximum Gasteiger partial charge on any atom is 4.00 e. The maximum atomic E-state index is 9.99. The van der Waals surface area contributed by atoms with E-state index in [-0.39, 0.29) is 50.7 Å². The van der Waals surface area contributed by atoms with Gasteiger partial charge in [-0.25, -0.2) is 0 Å². The molecule has 0 heterocycles. The van der Waals surface area contributed by atoms with Crippen LogP contribution in [0.25, 0.3) is 16.5 Å². The molecule has 2 radical (unpaired) electrons. The minimum Gasteiger partial charge on any atom is -1.00 e. The molecule has 33 heavy (non-hydrogen) atoms. The molecule has 0 atom stereocenters. The molecule has 0 aromatic heterocycles. The van der Waals surface area contributed by atoms with Gasteiger partial charge in [0.15, 0.2) is 0 Å². The molecule has 4 aromatic rings. The molecule has 0 bridgehead atoms. The van der Waals surface area contributed by atoms with Crippen LogP contribution < -0.4 is 35.2 Å². The van der Waals surface area contributed by atoms with Crippen LogP contribution in [0.1, 0.15) is 32.6 Å². The van der Waals surface area contributed by atoms with E-state index in [1.54, 1.807) is 0 Å². The third-order valence-corrected chi connectivity index (χ3v) is 5.64. The number of carbonyl (C=O) groups is 1. The van der Waals surface area contributed by atoms with Crippen molar-refractivity contribution >= 4 is 36.6 Å². The Kier molecular flexibility index (Phi) is 21.3. The van der Waals surface area contributed by atoms with Crippen molar-refractivity contribution in [1.29, 1.82) is 0 Å². The molecule has 6 heteroatoms. The summed E-state index contributed by atoms with van der Waals surface area (Å²) in [6.45, 7) is 2.08. The summed E-state index contributed by atoms with van der Waals surface area (Å²) in [7, 11) is 0.777. The molecule has 0 saturated carbocycles. The fraction of sp³-hybridized carbons (Fsp3) is 0.185. The third kappa shape index (κ3) is 15.0. The number of fused-ring (bicyclic) bond motifs is 1. The van der Waals surface area contributed by atoms with Gasteiger partial charge in [0.05, 0.1) is 0 Å². The monoisotopic (exact) mass is 661 g/mol. The fourth-order valence-corrected chi connectivity index (χ4v) is 3.87. The Morgan fingerprint density at radius 3 is 1.79 bits per heavy atom. The molecule has 1 amide bonds. The molecule has 4 aromatic carbocycles. The number of amides is 1. The molecule has 0 spiro atoms. The van der Waals surface area contributed by atoms with Crippen molar-refractivity contribution in [2.24, 2.45) is 0 Å². The molecule has 0 aliphatic rings. The molecule has 0 aliphatic carbocycles. The molecule has 0 saturated heterocycles. The van der Waals surface area contributed by atoms with Crippen LogP contribution in [0.4, 0.5) is 0 Å². The number of hydrogen-bond acceptors (Lipinski definition) is 1. The number of hydrogen-bond donors (Lipinski definition) is 0. The molecule has 4 rings (SSSR count). The van der Waals surface area contributed by atoms with E-state index in [9.17, 15) is 4.79 Å². The Morgan fingerprint density at radius 1 is 0.788 bits per heavy atom. The molecular weight excluding hydrogens is 632 g/mol. The standard InChI is InChI=1S/C12H10Si.C9H7.C6H13NO.2ClH.Hf/c1-3-7-11(8-4-1)13-12-9-5-2-6-10-12;1-2-5-9-7-3-6-8(9)4-1;1-2-3-4-5-6(7)8;;;/h1-10H;1-7H;2-5H2,1H3,(H2,7,8);2*1H;/q;-1;;;;+4/p-3. The van der Waals surface area contributed by atoms with Crippen LogP contribution in [0, 0.1) is 0 Å². The SMILES string of the molecule is CCCCCC([NH-])=O.[Cl-].[Cl-].[Hf+4].c1ccc([Si]c2ccccc2)cc1.c1ccc2[cH-]ccc2c1. The Labute approximate surface area is 232 Å². The largest absolute Gasteiger partial charge is 4.00 e. The molecule has 2 nitrogen and oxygen atoms in total. The van der Waals surface area contributed by atoms with E-state index >= 15 is 0 Å². The predicted octanol–water partition coefficient (Wildman–Crippen LogP) is 0.0513. The molecule has 170 valence electrons. The van der Waals surface area contributed by atoms with Gasteiger partial charge in [-0.3, -0.25) is 0 Å². The zero-order chi connectivity index (χ0) is 21.4. The van der Waals surface area contributed by atoms with E-state index in [0.717, 1.165) is 28.8 Å². The average molecular weight is 661 g/mol. The van der Waals surface area contributed by atoms with E-state index in [1.807, 2.05) is 0 Å². The number of rotatable bonds is 6. The summed E-state index contributed by atoms with van der Waals surface area (Å²) in [5.74, 6) is -0.432. The number of halogens is 2. The predicted molar refractivity (Wildman–Crippen MR) is 131 cm³/mol. The van der Waals surface area contributed by atoms with E-state index in [0.29, 0.717) is 6.42 Å². The van der Waals surface area contributed by atoms with Crippen molar-refractivity contribution in [1.82, 2.24) is 0 Å². The van der Waals surface area contributed by atoms with Crippen LogP contribution in [-0.4, -0.2) is 15.4 Å². The summed E-state index contributed by atoms with van der Waals surface area (Å²) in [6.07, 6.45) is 3.52. The summed E-state index contributed by atoms with van der Waals surface area (Å²) < 4.78 is 0. The van der Waals surface area contributed by atoms with Gasteiger partial charge in [0, 0.05) is 5.91 Å². The molecule has 1 N–H and O–H groups in total. The maximum absolute atomic E-state index is 9.99. The first kappa shape index (κ1) is 33.6. The molecule has 0 fully saturated rings. The minimum atomic E-state index is -0.432. The molecular formula is C27H29Cl2HfNOSi. The van der Waals surface area contributed by atoms with Crippen LogP contribution in [0.3, 0.4) is 0 Å². The van der Waals surface area contributed by atoms with Crippen molar-refractivity contribution in [2.45, 2.75) is 32.6 Å². The van der Waals surface area contributed by atoms with Crippen molar-refractivity contribution < 1.29 is 55.5 Å². The number of unbranched alkanes of at least 4 members (excludes halogenated alkanes) is 2. The number of carbonyl (C=O) groups excluding carboxylic acids is 1. The summed E-state index contributed by atoms with van der Waals surface area (Å²) in [6, 6.07) is 35.8. The first-order chi connectivity index (χ1) is 14.7. The first-order valence-electron chi connectivity index (χ1n) is 10.4. The smallest absolute Gasteiger partial charge is 1.00 e. The average Bonchev–Trinajstić information content (AvgIpc) is 3.25. The number of benzene rings is 3.